The van der Waals surface area contributed by atoms with Crippen molar-refractivity contribution in [3.05, 3.63) is 59.2 Å². The molecule has 0 bridgehead atoms. The Labute approximate surface area is 128 Å². The Morgan fingerprint density at radius 2 is 1.95 bits per heavy atom. The number of halogens is 2. The van der Waals surface area contributed by atoms with E-state index in [2.05, 4.69) is 5.32 Å². The summed E-state index contributed by atoms with van der Waals surface area (Å²) in [5, 5.41) is 3.29. The van der Waals surface area contributed by atoms with Crippen molar-refractivity contribution in [1.82, 2.24) is 5.32 Å². The molecule has 0 fully saturated rings. The SMILES string of the molecule is CCNC(C)c1cc(F)c(C)cc1Sc1cccc(F)c1. The molecule has 112 valence electrons. The molecule has 1 atom stereocenters. The fourth-order valence-corrected chi connectivity index (χ4v) is 3.33. The summed E-state index contributed by atoms with van der Waals surface area (Å²) in [6, 6.07) is 9.89. The van der Waals surface area contributed by atoms with Crippen LogP contribution in [-0.4, -0.2) is 6.54 Å². The first-order valence-electron chi connectivity index (χ1n) is 6.98. The van der Waals surface area contributed by atoms with Crippen LogP contribution in [0.1, 0.15) is 31.0 Å². The summed E-state index contributed by atoms with van der Waals surface area (Å²) in [6.45, 7) is 6.57. The van der Waals surface area contributed by atoms with Crippen molar-refractivity contribution in [2.24, 2.45) is 0 Å². The van der Waals surface area contributed by atoms with E-state index in [9.17, 15) is 8.78 Å². The summed E-state index contributed by atoms with van der Waals surface area (Å²) < 4.78 is 27.2. The van der Waals surface area contributed by atoms with Crippen LogP contribution in [0.2, 0.25) is 0 Å². The van der Waals surface area contributed by atoms with Crippen LogP contribution in [0.15, 0.2) is 46.2 Å². The van der Waals surface area contributed by atoms with Crippen molar-refractivity contribution < 1.29 is 8.78 Å². The maximum atomic E-state index is 13.9. The Kier molecular flexibility index (Phi) is 5.37. The summed E-state index contributed by atoms with van der Waals surface area (Å²) in [4.78, 5) is 1.76. The normalized spacial score (nSPS) is 12.4. The van der Waals surface area contributed by atoms with Gasteiger partial charge in [0.05, 0.1) is 0 Å². The molecule has 0 saturated carbocycles. The first kappa shape index (κ1) is 16.0. The fraction of sp³-hybridized carbons (Fsp3) is 0.294. The van der Waals surface area contributed by atoms with Gasteiger partial charge in [-0.15, -0.1) is 0 Å². The lowest BCUT2D eigenvalue weighted by Gasteiger charge is -2.18. The monoisotopic (exact) mass is 307 g/mol. The van der Waals surface area contributed by atoms with Gasteiger partial charge in [0, 0.05) is 15.8 Å². The van der Waals surface area contributed by atoms with Crippen LogP contribution in [0, 0.1) is 18.6 Å². The summed E-state index contributed by atoms with van der Waals surface area (Å²) >= 11 is 1.46. The topological polar surface area (TPSA) is 12.0 Å². The number of rotatable bonds is 5. The molecule has 0 spiro atoms. The highest BCUT2D eigenvalue weighted by atomic mass is 32.2. The third kappa shape index (κ3) is 4.05. The van der Waals surface area contributed by atoms with E-state index in [-0.39, 0.29) is 17.7 Å². The third-order valence-corrected chi connectivity index (χ3v) is 4.35. The molecule has 0 amide bonds. The Morgan fingerprint density at radius 1 is 1.19 bits per heavy atom. The quantitative estimate of drug-likeness (QED) is 0.825. The van der Waals surface area contributed by atoms with Crippen LogP contribution in [-0.2, 0) is 0 Å². The molecular weight excluding hydrogens is 288 g/mol. The lowest BCUT2D eigenvalue weighted by atomic mass is 10.1. The van der Waals surface area contributed by atoms with Crippen molar-refractivity contribution in [3.63, 3.8) is 0 Å². The van der Waals surface area contributed by atoms with E-state index < -0.39 is 0 Å². The van der Waals surface area contributed by atoms with E-state index in [4.69, 9.17) is 0 Å². The summed E-state index contributed by atoms with van der Waals surface area (Å²) in [7, 11) is 0. The minimum atomic E-state index is -0.264. The average Bonchev–Trinajstić information content (AvgIpc) is 2.43. The van der Waals surface area contributed by atoms with Gasteiger partial charge in [-0.3, -0.25) is 0 Å². The first-order chi connectivity index (χ1) is 10.0. The summed E-state index contributed by atoms with van der Waals surface area (Å²) in [6.07, 6.45) is 0. The Balaban J connectivity index is 2.39. The van der Waals surface area contributed by atoms with Gasteiger partial charge in [0.25, 0.3) is 0 Å². The van der Waals surface area contributed by atoms with Crippen molar-refractivity contribution in [2.75, 3.05) is 6.54 Å². The van der Waals surface area contributed by atoms with E-state index in [1.54, 1.807) is 19.1 Å². The number of aryl methyl sites for hydroxylation is 1. The Morgan fingerprint density at radius 3 is 2.62 bits per heavy atom. The molecule has 1 N–H and O–H groups in total. The van der Waals surface area contributed by atoms with Crippen molar-refractivity contribution >= 4 is 11.8 Å². The van der Waals surface area contributed by atoms with Gasteiger partial charge in [0.15, 0.2) is 0 Å². The smallest absolute Gasteiger partial charge is 0.126 e. The molecule has 1 nitrogen and oxygen atoms in total. The standard InChI is InChI=1S/C17H19F2NS/c1-4-20-12(3)15-10-16(19)11(2)8-17(15)21-14-7-5-6-13(18)9-14/h5-10,12,20H,4H2,1-3H3. The summed E-state index contributed by atoms with van der Waals surface area (Å²) in [5.74, 6) is -0.474. The van der Waals surface area contributed by atoms with E-state index in [1.807, 2.05) is 26.0 Å². The van der Waals surface area contributed by atoms with Crippen LogP contribution in [0.4, 0.5) is 8.78 Å². The van der Waals surface area contributed by atoms with Crippen molar-refractivity contribution in [2.45, 2.75) is 36.6 Å². The lowest BCUT2D eigenvalue weighted by molar-refractivity contribution is 0.571. The van der Waals surface area contributed by atoms with Gasteiger partial charge in [0.2, 0.25) is 0 Å². The predicted octanol–water partition coefficient (Wildman–Crippen LogP) is 5.09. The van der Waals surface area contributed by atoms with E-state index >= 15 is 0 Å². The second kappa shape index (κ2) is 7.05. The van der Waals surface area contributed by atoms with Crippen LogP contribution < -0.4 is 5.32 Å². The maximum Gasteiger partial charge on any atom is 0.126 e. The molecule has 1 unspecified atom stereocenters. The zero-order valence-corrected chi connectivity index (χ0v) is 13.2. The zero-order valence-electron chi connectivity index (χ0n) is 12.4. The van der Waals surface area contributed by atoms with Crippen LogP contribution in [0.25, 0.3) is 0 Å². The number of benzene rings is 2. The van der Waals surface area contributed by atoms with Crippen LogP contribution in [0.3, 0.4) is 0 Å². The highest BCUT2D eigenvalue weighted by Crippen LogP contribution is 2.35. The van der Waals surface area contributed by atoms with Crippen LogP contribution in [0.5, 0.6) is 0 Å². The third-order valence-electron chi connectivity index (χ3n) is 3.29. The van der Waals surface area contributed by atoms with Gasteiger partial charge >= 0.3 is 0 Å². The largest absolute Gasteiger partial charge is 0.310 e. The highest BCUT2D eigenvalue weighted by molar-refractivity contribution is 7.99. The minimum absolute atomic E-state index is 0.0427. The van der Waals surface area contributed by atoms with Gasteiger partial charge < -0.3 is 5.32 Å². The molecule has 0 aliphatic carbocycles. The van der Waals surface area contributed by atoms with Gasteiger partial charge in [-0.05, 0) is 61.9 Å². The maximum absolute atomic E-state index is 13.9. The zero-order chi connectivity index (χ0) is 15.4. The number of nitrogens with one attached hydrogen (secondary N) is 1. The van der Waals surface area contributed by atoms with E-state index in [1.165, 1.54) is 23.9 Å². The molecule has 0 aliphatic rings. The molecule has 21 heavy (non-hydrogen) atoms. The molecule has 0 saturated heterocycles. The fourth-order valence-electron chi connectivity index (χ4n) is 2.17. The Bertz CT molecular complexity index is 628. The molecule has 0 radical (unpaired) electrons. The number of hydrogen-bond donors (Lipinski definition) is 1. The lowest BCUT2D eigenvalue weighted by Crippen LogP contribution is -2.18. The van der Waals surface area contributed by atoms with Crippen molar-refractivity contribution in [1.29, 1.82) is 0 Å². The van der Waals surface area contributed by atoms with Crippen molar-refractivity contribution in [3.8, 4) is 0 Å². The second-order valence-electron chi connectivity index (χ2n) is 4.98. The van der Waals surface area contributed by atoms with E-state index in [0.717, 1.165) is 21.9 Å². The average molecular weight is 307 g/mol. The summed E-state index contributed by atoms with van der Waals surface area (Å²) in [5.41, 5.74) is 1.50. The molecule has 0 aliphatic heterocycles. The molecule has 2 aromatic rings. The van der Waals surface area contributed by atoms with Gasteiger partial charge in [-0.25, -0.2) is 8.78 Å². The molecular formula is C17H19F2NS. The second-order valence-corrected chi connectivity index (χ2v) is 6.09. The predicted molar refractivity (Wildman–Crippen MR) is 83.8 cm³/mol. The van der Waals surface area contributed by atoms with E-state index in [0.29, 0.717) is 5.56 Å². The molecule has 4 heteroatoms. The van der Waals surface area contributed by atoms with Gasteiger partial charge in [-0.2, -0.15) is 0 Å². The van der Waals surface area contributed by atoms with Gasteiger partial charge in [-0.1, -0.05) is 24.8 Å². The first-order valence-corrected chi connectivity index (χ1v) is 7.79. The number of hydrogen-bond acceptors (Lipinski definition) is 2. The van der Waals surface area contributed by atoms with Gasteiger partial charge in [0.1, 0.15) is 11.6 Å². The molecule has 0 aromatic heterocycles. The molecule has 0 heterocycles. The van der Waals surface area contributed by atoms with Crippen LogP contribution >= 0.6 is 11.8 Å². The molecule has 2 aromatic carbocycles. The highest BCUT2D eigenvalue weighted by Gasteiger charge is 2.14. The Hall–Kier alpha value is -1.39. The molecule has 2 rings (SSSR count). The minimum Gasteiger partial charge on any atom is -0.310 e.